The number of rotatable bonds is 0. The molecule has 1 unspecified atom stereocenters. The average Bonchev–Trinajstić information content (AvgIpc) is 2.06. The molecule has 56 valence electrons. The molecule has 1 heterocycles. The van der Waals surface area contributed by atoms with E-state index in [-0.39, 0.29) is 5.37 Å². The Kier molecular flexibility index (Phi) is 1.58. The average molecular weight is 164 g/mol. The molecule has 1 aromatic carbocycles. The highest BCUT2D eigenvalue weighted by atomic mass is 32.1. The number of para-hydroxylation sites is 1. The predicted molar refractivity (Wildman–Crippen MR) is 49.5 cm³/mol. The Balaban J connectivity index is 2.54. The minimum atomic E-state index is 0.0868. The van der Waals surface area contributed by atoms with Gasteiger partial charge in [0, 0.05) is 5.56 Å². The van der Waals surface area contributed by atoms with Crippen LogP contribution in [0.2, 0.25) is 0 Å². The molecule has 2 rings (SSSR count). The van der Waals surface area contributed by atoms with Crippen molar-refractivity contribution in [2.24, 2.45) is 4.99 Å². The number of nitrogens with one attached hydrogen (secondary N) is 1. The molecule has 1 aliphatic rings. The molecule has 1 aliphatic heterocycles. The van der Waals surface area contributed by atoms with Gasteiger partial charge in [0.25, 0.3) is 0 Å². The lowest BCUT2D eigenvalue weighted by Crippen LogP contribution is -2.17. The van der Waals surface area contributed by atoms with E-state index in [4.69, 9.17) is 0 Å². The van der Waals surface area contributed by atoms with Gasteiger partial charge < -0.3 is 5.32 Å². The molecule has 0 radical (unpaired) electrons. The minimum absolute atomic E-state index is 0.0868. The fraction of sp³-hybridized carbons (Fsp3) is 0.125. The third-order valence-corrected chi connectivity index (χ3v) is 2.09. The molecule has 0 saturated heterocycles. The second-order valence-corrected chi connectivity index (χ2v) is 2.90. The zero-order chi connectivity index (χ0) is 7.68. The van der Waals surface area contributed by atoms with Gasteiger partial charge in [-0.2, -0.15) is 0 Å². The number of fused-ring (bicyclic) bond motifs is 1. The van der Waals surface area contributed by atoms with Gasteiger partial charge in [0.05, 0.1) is 17.4 Å². The van der Waals surface area contributed by atoms with Crippen LogP contribution in [0.25, 0.3) is 0 Å². The lowest BCUT2D eigenvalue weighted by molar-refractivity contribution is 0.893. The topological polar surface area (TPSA) is 24.4 Å². The molecule has 0 spiro atoms. The molecule has 0 amide bonds. The van der Waals surface area contributed by atoms with Crippen LogP contribution in [0.4, 0.5) is 5.69 Å². The Hall–Kier alpha value is -0.960. The van der Waals surface area contributed by atoms with Crippen molar-refractivity contribution >= 4 is 24.7 Å². The molecule has 1 atom stereocenters. The van der Waals surface area contributed by atoms with Gasteiger partial charge in [-0.15, -0.1) is 12.6 Å². The Labute approximate surface area is 70.8 Å². The highest BCUT2D eigenvalue weighted by molar-refractivity contribution is 7.80. The van der Waals surface area contributed by atoms with Crippen LogP contribution >= 0.6 is 12.6 Å². The van der Waals surface area contributed by atoms with Crippen LogP contribution in [0.1, 0.15) is 10.9 Å². The van der Waals surface area contributed by atoms with E-state index in [0.717, 1.165) is 11.3 Å². The number of benzene rings is 1. The van der Waals surface area contributed by atoms with Crippen LogP contribution in [0.15, 0.2) is 29.3 Å². The van der Waals surface area contributed by atoms with E-state index in [0.29, 0.717) is 0 Å². The summed E-state index contributed by atoms with van der Waals surface area (Å²) in [6, 6.07) is 7.97. The van der Waals surface area contributed by atoms with Gasteiger partial charge in [-0.05, 0) is 6.07 Å². The number of hydrogen-bond donors (Lipinski definition) is 2. The summed E-state index contributed by atoms with van der Waals surface area (Å²) < 4.78 is 0. The van der Waals surface area contributed by atoms with Gasteiger partial charge in [-0.3, -0.25) is 0 Å². The Bertz CT molecular complexity index is 296. The molecule has 0 aliphatic carbocycles. The lowest BCUT2D eigenvalue weighted by Gasteiger charge is -2.17. The normalized spacial score (nSPS) is 20.6. The van der Waals surface area contributed by atoms with Crippen molar-refractivity contribution in [1.82, 2.24) is 5.32 Å². The zero-order valence-corrected chi connectivity index (χ0v) is 6.75. The van der Waals surface area contributed by atoms with Crippen molar-refractivity contribution in [2.75, 3.05) is 0 Å². The molecule has 0 saturated carbocycles. The van der Waals surface area contributed by atoms with Gasteiger partial charge in [0.1, 0.15) is 0 Å². The molecule has 1 aromatic rings. The van der Waals surface area contributed by atoms with E-state index in [2.05, 4.69) is 22.9 Å². The highest BCUT2D eigenvalue weighted by Crippen LogP contribution is 2.29. The Morgan fingerprint density at radius 3 is 3.00 bits per heavy atom. The SMILES string of the molecule is SC1NC=Nc2ccccc21. The van der Waals surface area contributed by atoms with Crippen molar-refractivity contribution in [3.63, 3.8) is 0 Å². The number of hydrogen-bond acceptors (Lipinski definition) is 3. The van der Waals surface area contributed by atoms with Crippen molar-refractivity contribution in [1.29, 1.82) is 0 Å². The summed E-state index contributed by atoms with van der Waals surface area (Å²) in [5.74, 6) is 0. The van der Waals surface area contributed by atoms with Crippen LogP contribution in [-0.4, -0.2) is 6.34 Å². The first-order valence-electron chi connectivity index (χ1n) is 3.43. The molecule has 0 fully saturated rings. The lowest BCUT2D eigenvalue weighted by atomic mass is 10.1. The standard InChI is InChI=1S/C8H8N2S/c11-8-6-3-1-2-4-7(6)9-5-10-8/h1-5,8,11H,(H,9,10). The van der Waals surface area contributed by atoms with Crippen molar-refractivity contribution in [3.8, 4) is 0 Å². The quantitative estimate of drug-likeness (QED) is 0.562. The predicted octanol–water partition coefficient (Wildman–Crippen LogP) is 1.88. The maximum absolute atomic E-state index is 4.34. The summed E-state index contributed by atoms with van der Waals surface area (Å²) >= 11 is 4.34. The first kappa shape index (κ1) is 6.73. The van der Waals surface area contributed by atoms with Gasteiger partial charge in [0.2, 0.25) is 0 Å². The van der Waals surface area contributed by atoms with Crippen molar-refractivity contribution in [2.45, 2.75) is 5.37 Å². The first-order chi connectivity index (χ1) is 5.38. The maximum Gasteiger partial charge on any atom is 0.0979 e. The summed E-state index contributed by atoms with van der Waals surface area (Å²) in [7, 11) is 0. The fourth-order valence-electron chi connectivity index (χ4n) is 1.10. The monoisotopic (exact) mass is 164 g/mol. The van der Waals surface area contributed by atoms with Gasteiger partial charge in [-0.1, -0.05) is 18.2 Å². The number of aliphatic imine (C=N–C) groups is 1. The third kappa shape index (κ3) is 1.12. The molecular formula is C8H8N2S. The summed E-state index contributed by atoms with van der Waals surface area (Å²) in [5.41, 5.74) is 2.14. The van der Waals surface area contributed by atoms with Crippen molar-refractivity contribution < 1.29 is 0 Å². The molecule has 1 N–H and O–H groups in total. The van der Waals surface area contributed by atoms with Crippen LogP contribution in [0.3, 0.4) is 0 Å². The third-order valence-electron chi connectivity index (χ3n) is 1.67. The summed E-state index contributed by atoms with van der Waals surface area (Å²) in [5, 5.41) is 3.10. The molecular weight excluding hydrogens is 156 g/mol. The minimum Gasteiger partial charge on any atom is -0.360 e. The van der Waals surface area contributed by atoms with E-state index in [1.54, 1.807) is 6.34 Å². The smallest absolute Gasteiger partial charge is 0.0979 e. The summed E-state index contributed by atoms with van der Waals surface area (Å²) in [6.07, 6.45) is 1.68. The second-order valence-electron chi connectivity index (χ2n) is 2.39. The number of nitrogens with zero attached hydrogens (tertiary/aromatic N) is 1. The van der Waals surface area contributed by atoms with Crippen LogP contribution in [-0.2, 0) is 0 Å². The number of thiol groups is 1. The maximum atomic E-state index is 4.34. The zero-order valence-electron chi connectivity index (χ0n) is 5.86. The van der Waals surface area contributed by atoms with Gasteiger partial charge in [-0.25, -0.2) is 4.99 Å². The van der Waals surface area contributed by atoms with E-state index < -0.39 is 0 Å². The fourth-order valence-corrected chi connectivity index (χ4v) is 1.39. The first-order valence-corrected chi connectivity index (χ1v) is 3.95. The van der Waals surface area contributed by atoms with Crippen molar-refractivity contribution in [3.05, 3.63) is 29.8 Å². The molecule has 2 nitrogen and oxygen atoms in total. The Morgan fingerprint density at radius 2 is 2.18 bits per heavy atom. The molecule has 3 heteroatoms. The van der Waals surface area contributed by atoms with Gasteiger partial charge in [0.15, 0.2) is 0 Å². The van der Waals surface area contributed by atoms with E-state index in [1.807, 2.05) is 24.3 Å². The second kappa shape index (κ2) is 2.58. The van der Waals surface area contributed by atoms with E-state index in [9.17, 15) is 0 Å². The summed E-state index contributed by atoms with van der Waals surface area (Å²) in [6.45, 7) is 0. The Morgan fingerprint density at radius 1 is 1.36 bits per heavy atom. The molecule has 11 heavy (non-hydrogen) atoms. The largest absolute Gasteiger partial charge is 0.360 e. The van der Waals surface area contributed by atoms with E-state index >= 15 is 0 Å². The van der Waals surface area contributed by atoms with Crippen LogP contribution < -0.4 is 5.32 Å². The highest BCUT2D eigenvalue weighted by Gasteiger charge is 2.11. The molecule has 0 aromatic heterocycles. The van der Waals surface area contributed by atoms with Crippen LogP contribution in [0, 0.1) is 0 Å². The summed E-state index contributed by atoms with van der Waals surface area (Å²) in [4.78, 5) is 4.16. The molecule has 0 bridgehead atoms. The van der Waals surface area contributed by atoms with Gasteiger partial charge >= 0.3 is 0 Å². The van der Waals surface area contributed by atoms with Crippen LogP contribution in [0.5, 0.6) is 0 Å². The van der Waals surface area contributed by atoms with E-state index in [1.165, 1.54) is 0 Å².